The van der Waals surface area contributed by atoms with Crippen molar-refractivity contribution in [2.24, 2.45) is 5.92 Å². The summed E-state index contributed by atoms with van der Waals surface area (Å²) >= 11 is 0. The van der Waals surface area contributed by atoms with Crippen molar-refractivity contribution in [1.82, 2.24) is 15.5 Å². The van der Waals surface area contributed by atoms with E-state index in [1.165, 1.54) is 0 Å². The quantitative estimate of drug-likeness (QED) is 0.863. The van der Waals surface area contributed by atoms with E-state index in [1.54, 1.807) is 7.11 Å². The first-order valence-electron chi connectivity index (χ1n) is 8.47. The topological polar surface area (TPSA) is 86.5 Å². The maximum Gasteiger partial charge on any atom is 0.228 e. The molecule has 2 heterocycles. The fraction of sp³-hybridized carbons (Fsp3) is 0.500. The lowest BCUT2D eigenvalue weighted by Crippen LogP contribution is -2.38. The van der Waals surface area contributed by atoms with E-state index >= 15 is 0 Å². The van der Waals surface area contributed by atoms with E-state index < -0.39 is 0 Å². The minimum Gasteiger partial charge on any atom is -0.493 e. The van der Waals surface area contributed by atoms with Crippen LogP contribution in [0.3, 0.4) is 0 Å². The van der Waals surface area contributed by atoms with Gasteiger partial charge in [-0.1, -0.05) is 31.1 Å². The lowest BCUT2D eigenvalue weighted by molar-refractivity contribution is -0.126. The Kier molecular flexibility index (Phi) is 5.21. The number of aromatic nitrogens is 2. The van der Waals surface area contributed by atoms with E-state index in [9.17, 15) is 4.79 Å². The Hall–Kier alpha value is -2.57. The van der Waals surface area contributed by atoms with Gasteiger partial charge in [-0.25, -0.2) is 0 Å². The van der Waals surface area contributed by atoms with Crippen LogP contribution in [0, 0.1) is 5.92 Å². The second-order valence-electron chi connectivity index (χ2n) is 6.40. The predicted molar refractivity (Wildman–Crippen MR) is 90.8 cm³/mol. The molecule has 0 fully saturated rings. The van der Waals surface area contributed by atoms with Gasteiger partial charge in [0.05, 0.1) is 13.0 Å². The van der Waals surface area contributed by atoms with Crippen molar-refractivity contribution in [3.8, 4) is 11.5 Å². The summed E-state index contributed by atoms with van der Waals surface area (Å²) in [6.45, 7) is 4.82. The van der Waals surface area contributed by atoms with Crippen LogP contribution in [0.5, 0.6) is 11.5 Å². The molecule has 134 valence electrons. The highest BCUT2D eigenvalue weighted by Crippen LogP contribution is 2.35. The highest BCUT2D eigenvalue weighted by molar-refractivity contribution is 5.79. The maximum absolute atomic E-state index is 12.4. The van der Waals surface area contributed by atoms with Crippen LogP contribution in [-0.4, -0.2) is 36.3 Å². The van der Waals surface area contributed by atoms with E-state index in [-0.39, 0.29) is 17.7 Å². The minimum absolute atomic E-state index is 0.0305. The van der Waals surface area contributed by atoms with Gasteiger partial charge < -0.3 is 19.3 Å². The molecule has 1 aliphatic heterocycles. The van der Waals surface area contributed by atoms with Crippen LogP contribution in [0.25, 0.3) is 0 Å². The Morgan fingerprint density at radius 3 is 3.00 bits per heavy atom. The summed E-state index contributed by atoms with van der Waals surface area (Å²) in [4.78, 5) is 16.7. The molecule has 25 heavy (non-hydrogen) atoms. The Bertz CT molecular complexity index is 742. The molecule has 1 amide bonds. The van der Waals surface area contributed by atoms with Crippen LogP contribution in [0.2, 0.25) is 0 Å². The molecular formula is C18H23N3O4. The summed E-state index contributed by atoms with van der Waals surface area (Å²) < 4.78 is 16.2. The first kappa shape index (κ1) is 17.3. The number of carbonyl (C=O) groups is 1. The van der Waals surface area contributed by atoms with Crippen molar-refractivity contribution in [3.05, 3.63) is 35.5 Å². The van der Waals surface area contributed by atoms with Gasteiger partial charge in [-0.05, 0) is 18.1 Å². The molecule has 1 aromatic carbocycles. The number of para-hydroxylation sites is 1. The average Bonchev–Trinajstić information content (AvgIpc) is 3.09. The summed E-state index contributed by atoms with van der Waals surface area (Å²) in [7, 11) is 1.61. The van der Waals surface area contributed by atoms with Crippen molar-refractivity contribution in [1.29, 1.82) is 0 Å². The van der Waals surface area contributed by atoms with Gasteiger partial charge in [-0.3, -0.25) is 4.79 Å². The number of nitrogens with one attached hydrogen (secondary N) is 1. The van der Waals surface area contributed by atoms with Crippen LogP contribution < -0.4 is 14.8 Å². The molecule has 1 unspecified atom stereocenters. The Morgan fingerprint density at radius 2 is 2.28 bits per heavy atom. The lowest BCUT2D eigenvalue weighted by atomic mass is 9.95. The number of hydrogen-bond donors (Lipinski definition) is 1. The largest absolute Gasteiger partial charge is 0.493 e. The van der Waals surface area contributed by atoms with Crippen LogP contribution >= 0.6 is 0 Å². The van der Waals surface area contributed by atoms with E-state index in [0.29, 0.717) is 43.5 Å². The van der Waals surface area contributed by atoms with E-state index in [1.807, 2.05) is 32.0 Å². The normalized spacial score (nSPS) is 16.2. The number of ether oxygens (including phenoxy) is 2. The number of methoxy groups -OCH3 is 1. The number of amides is 1. The third kappa shape index (κ3) is 3.92. The lowest BCUT2D eigenvalue weighted by Gasteiger charge is -2.25. The van der Waals surface area contributed by atoms with Crippen molar-refractivity contribution >= 4 is 5.91 Å². The average molecular weight is 345 g/mol. The fourth-order valence-electron chi connectivity index (χ4n) is 2.76. The Balaban J connectivity index is 1.52. The summed E-state index contributed by atoms with van der Waals surface area (Å²) in [6, 6.07) is 5.72. The van der Waals surface area contributed by atoms with Gasteiger partial charge in [0, 0.05) is 18.9 Å². The standard InChI is InChI=1S/C18H23N3O4/c1-11(2)17-20-15(25-21-17)7-8-19-18(22)13-9-12-5-4-6-14(23-3)16(12)24-10-13/h4-6,11,13H,7-10H2,1-3H3,(H,19,22). The van der Waals surface area contributed by atoms with Crippen molar-refractivity contribution in [3.63, 3.8) is 0 Å². The van der Waals surface area contributed by atoms with Gasteiger partial charge in [0.15, 0.2) is 17.3 Å². The van der Waals surface area contributed by atoms with Gasteiger partial charge in [0.2, 0.25) is 11.8 Å². The van der Waals surface area contributed by atoms with E-state index in [0.717, 1.165) is 11.3 Å². The van der Waals surface area contributed by atoms with E-state index in [4.69, 9.17) is 14.0 Å². The van der Waals surface area contributed by atoms with Crippen molar-refractivity contribution in [2.45, 2.75) is 32.6 Å². The summed E-state index contributed by atoms with van der Waals surface area (Å²) in [5.41, 5.74) is 0.990. The third-order valence-electron chi connectivity index (χ3n) is 4.18. The Labute approximate surface area is 146 Å². The zero-order chi connectivity index (χ0) is 17.8. The number of fused-ring (bicyclic) bond motifs is 1. The molecule has 1 aliphatic rings. The minimum atomic E-state index is -0.214. The van der Waals surface area contributed by atoms with Crippen LogP contribution in [0.1, 0.15) is 37.0 Å². The number of nitrogens with zero attached hydrogens (tertiary/aromatic N) is 2. The second-order valence-corrected chi connectivity index (χ2v) is 6.40. The molecule has 2 aromatic rings. The number of carbonyl (C=O) groups excluding carboxylic acids is 1. The van der Waals surface area contributed by atoms with Crippen LogP contribution in [0.4, 0.5) is 0 Å². The molecule has 0 aliphatic carbocycles. The number of hydrogen-bond acceptors (Lipinski definition) is 6. The third-order valence-corrected chi connectivity index (χ3v) is 4.18. The predicted octanol–water partition coefficient (Wildman–Crippen LogP) is 2.11. The van der Waals surface area contributed by atoms with Crippen molar-refractivity contribution in [2.75, 3.05) is 20.3 Å². The summed E-state index contributed by atoms with van der Waals surface area (Å²) in [6.07, 6.45) is 1.15. The van der Waals surface area contributed by atoms with Gasteiger partial charge in [0.1, 0.15) is 6.61 Å². The molecule has 1 atom stereocenters. The Morgan fingerprint density at radius 1 is 1.44 bits per heavy atom. The zero-order valence-electron chi connectivity index (χ0n) is 14.7. The molecule has 0 saturated heterocycles. The SMILES string of the molecule is COc1cccc2c1OCC(C(=O)NCCc1nc(C(C)C)no1)C2. The molecule has 7 heteroatoms. The monoisotopic (exact) mass is 345 g/mol. The highest BCUT2D eigenvalue weighted by Gasteiger charge is 2.27. The number of benzene rings is 1. The fourth-order valence-corrected chi connectivity index (χ4v) is 2.76. The van der Waals surface area contributed by atoms with Gasteiger partial charge >= 0.3 is 0 Å². The molecule has 0 spiro atoms. The molecule has 1 aromatic heterocycles. The summed E-state index contributed by atoms with van der Waals surface area (Å²) in [5.74, 6) is 2.65. The molecule has 7 nitrogen and oxygen atoms in total. The summed E-state index contributed by atoms with van der Waals surface area (Å²) in [5, 5.41) is 6.83. The number of rotatable bonds is 6. The van der Waals surface area contributed by atoms with Crippen LogP contribution in [-0.2, 0) is 17.6 Å². The maximum atomic E-state index is 12.4. The second kappa shape index (κ2) is 7.55. The van der Waals surface area contributed by atoms with Gasteiger partial charge in [-0.2, -0.15) is 4.98 Å². The highest BCUT2D eigenvalue weighted by atomic mass is 16.5. The van der Waals surface area contributed by atoms with Crippen molar-refractivity contribution < 1.29 is 18.8 Å². The van der Waals surface area contributed by atoms with Gasteiger partial charge in [0.25, 0.3) is 0 Å². The molecule has 1 N–H and O–H groups in total. The van der Waals surface area contributed by atoms with E-state index in [2.05, 4.69) is 15.5 Å². The first-order chi connectivity index (χ1) is 12.1. The molecule has 0 bridgehead atoms. The molecular weight excluding hydrogens is 322 g/mol. The first-order valence-corrected chi connectivity index (χ1v) is 8.47. The molecule has 0 saturated carbocycles. The molecule has 3 rings (SSSR count). The smallest absolute Gasteiger partial charge is 0.228 e. The van der Waals surface area contributed by atoms with Crippen LogP contribution in [0.15, 0.2) is 22.7 Å². The molecule has 0 radical (unpaired) electrons. The van der Waals surface area contributed by atoms with Gasteiger partial charge in [-0.15, -0.1) is 0 Å². The zero-order valence-corrected chi connectivity index (χ0v) is 14.7.